The predicted molar refractivity (Wildman–Crippen MR) is 115 cm³/mol. The van der Waals surface area contributed by atoms with Crippen molar-refractivity contribution in [2.45, 2.75) is 19.9 Å². The first-order valence-electron chi connectivity index (χ1n) is 8.80. The average molecular weight is 426 g/mol. The van der Waals surface area contributed by atoms with Crippen LogP contribution in [0.3, 0.4) is 0 Å². The van der Waals surface area contributed by atoms with Gasteiger partial charge in [-0.25, -0.2) is 0 Å². The Morgan fingerprint density at radius 1 is 1.08 bits per heavy atom. The highest BCUT2D eigenvalue weighted by Gasteiger charge is 2.22. The molecule has 0 spiro atoms. The van der Waals surface area contributed by atoms with E-state index in [1.165, 1.54) is 18.7 Å². The standard InChI is InChI=1S/C18H28N4O.3ClH/c1-2-21-9-11-22(12-10-21)14-15-3-5-17(6-4-15)20-18(23)16-7-8-19-13-16;;;/h3-6,16,19H,2,7-14H2,1H3,(H,20,23);3*1H. The van der Waals surface area contributed by atoms with Crippen LogP contribution in [0, 0.1) is 5.92 Å². The number of hydrogen-bond donors (Lipinski definition) is 2. The van der Waals surface area contributed by atoms with E-state index in [4.69, 9.17) is 0 Å². The van der Waals surface area contributed by atoms with Gasteiger partial charge in [-0.2, -0.15) is 0 Å². The van der Waals surface area contributed by atoms with Gasteiger partial charge in [-0.3, -0.25) is 9.69 Å². The summed E-state index contributed by atoms with van der Waals surface area (Å²) in [5, 5.41) is 6.26. The molecule has 150 valence electrons. The monoisotopic (exact) mass is 424 g/mol. The molecule has 1 amide bonds. The zero-order chi connectivity index (χ0) is 16.1. The summed E-state index contributed by atoms with van der Waals surface area (Å²) in [6, 6.07) is 8.32. The second-order valence-electron chi connectivity index (χ2n) is 6.59. The third-order valence-electron chi connectivity index (χ3n) is 4.97. The number of benzene rings is 1. The Hall–Kier alpha value is -0.560. The molecule has 26 heavy (non-hydrogen) atoms. The number of piperazine rings is 1. The van der Waals surface area contributed by atoms with E-state index in [9.17, 15) is 4.79 Å². The zero-order valence-corrected chi connectivity index (χ0v) is 17.7. The number of nitrogens with zero attached hydrogens (tertiary/aromatic N) is 2. The number of rotatable bonds is 5. The maximum atomic E-state index is 12.1. The molecule has 0 aliphatic carbocycles. The molecule has 2 aliphatic heterocycles. The quantitative estimate of drug-likeness (QED) is 0.761. The highest BCUT2D eigenvalue weighted by atomic mass is 35.5. The Kier molecular flexibility index (Phi) is 12.5. The minimum atomic E-state index is 0. The summed E-state index contributed by atoms with van der Waals surface area (Å²) in [7, 11) is 0. The van der Waals surface area contributed by atoms with E-state index in [0.717, 1.165) is 51.4 Å². The summed E-state index contributed by atoms with van der Waals surface area (Å²) >= 11 is 0. The number of likely N-dealkylation sites (N-methyl/N-ethyl adjacent to an activating group) is 1. The number of carbonyl (C=O) groups is 1. The number of carbonyl (C=O) groups excluding carboxylic acids is 1. The van der Waals surface area contributed by atoms with E-state index in [-0.39, 0.29) is 49.0 Å². The lowest BCUT2D eigenvalue weighted by Gasteiger charge is -2.34. The normalized spacial score (nSPS) is 20.4. The topological polar surface area (TPSA) is 47.6 Å². The summed E-state index contributed by atoms with van der Waals surface area (Å²) in [6.07, 6.45) is 0.938. The highest BCUT2D eigenvalue weighted by Crippen LogP contribution is 2.15. The molecule has 1 unspecified atom stereocenters. The number of amides is 1. The van der Waals surface area contributed by atoms with Gasteiger partial charge >= 0.3 is 0 Å². The van der Waals surface area contributed by atoms with Crippen molar-refractivity contribution < 1.29 is 4.79 Å². The summed E-state index contributed by atoms with van der Waals surface area (Å²) < 4.78 is 0. The molecule has 0 radical (unpaired) electrons. The van der Waals surface area contributed by atoms with Gasteiger partial charge in [0.15, 0.2) is 0 Å². The van der Waals surface area contributed by atoms with Crippen molar-refractivity contribution in [3.05, 3.63) is 29.8 Å². The van der Waals surface area contributed by atoms with Crippen LogP contribution in [0.5, 0.6) is 0 Å². The van der Waals surface area contributed by atoms with Gasteiger partial charge in [0.05, 0.1) is 5.92 Å². The molecule has 2 N–H and O–H groups in total. The van der Waals surface area contributed by atoms with Crippen LogP contribution < -0.4 is 10.6 Å². The van der Waals surface area contributed by atoms with E-state index in [0.29, 0.717) is 0 Å². The second-order valence-corrected chi connectivity index (χ2v) is 6.59. The fourth-order valence-corrected chi connectivity index (χ4v) is 3.34. The minimum absolute atomic E-state index is 0. The molecule has 2 heterocycles. The lowest BCUT2D eigenvalue weighted by Crippen LogP contribution is -2.45. The highest BCUT2D eigenvalue weighted by molar-refractivity contribution is 5.92. The van der Waals surface area contributed by atoms with Crippen molar-refractivity contribution in [1.82, 2.24) is 15.1 Å². The van der Waals surface area contributed by atoms with E-state index < -0.39 is 0 Å². The number of hydrogen-bond acceptors (Lipinski definition) is 4. The van der Waals surface area contributed by atoms with Crippen LogP contribution in [-0.4, -0.2) is 61.5 Å². The maximum absolute atomic E-state index is 12.1. The van der Waals surface area contributed by atoms with Gasteiger partial charge in [0.2, 0.25) is 5.91 Å². The van der Waals surface area contributed by atoms with Crippen LogP contribution in [-0.2, 0) is 11.3 Å². The van der Waals surface area contributed by atoms with Crippen LogP contribution in [0.2, 0.25) is 0 Å². The molecular formula is C18H31Cl3N4O. The molecule has 2 fully saturated rings. The van der Waals surface area contributed by atoms with Crippen molar-refractivity contribution in [1.29, 1.82) is 0 Å². The molecule has 3 rings (SSSR count). The van der Waals surface area contributed by atoms with Gasteiger partial charge in [0, 0.05) is 45.0 Å². The molecule has 0 saturated carbocycles. The molecule has 1 atom stereocenters. The summed E-state index contributed by atoms with van der Waals surface area (Å²) in [5.74, 6) is 0.253. The van der Waals surface area contributed by atoms with Crippen LogP contribution in [0.25, 0.3) is 0 Å². The second kappa shape index (κ2) is 12.8. The Morgan fingerprint density at radius 2 is 1.69 bits per heavy atom. The summed E-state index contributed by atoms with van der Waals surface area (Å²) in [6.45, 7) is 10.7. The molecular weight excluding hydrogens is 395 g/mol. The lowest BCUT2D eigenvalue weighted by atomic mass is 10.1. The van der Waals surface area contributed by atoms with Crippen LogP contribution >= 0.6 is 37.2 Å². The summed E-state index contributed by atoms with van der Waals surface area (Å²) in [4.78, 5) is 17.1. The first-order valence-corrected chi connectivity index (χ1v) is 8.80. The van der Waals surface area contributed by atoms with Crippen molar-refractivity contribution in [2.75, 3.05) is 51.1 Å². The molecule has 0 bridgehead atoms. The Bertz CT molecular complexity index is 516. The van der Waals surface area contributed by atoms with Crippen LogP contribution in [0.1, 0.15) is 18.9 Å². The van der Waals surface area contributed by atoms with Gasteiger partial charge in [-0.15, -0.1) is 37.2 Å². The number of halogens is 3. The van der Waals surface area contributed by atoms with Gasteiger partial charge in [0.1, 0.15) is 0 Å². The third kappa shape index (κ3) is 7.22. The maximum Gasteiger partial charge on any atom is 0.228 e. The van der Waals surface area contributed by atoms with Gasteiger partial charge in [0.25, 0.3) is 0 Å². The Labute approximate surface area is 175 Å². The van der Waals surface area contributed by atoms with Crippen molar-refractivity contribution in [3.8, 4) is 0 Å². The first-order chi connectivity index (χ1) is 11.2. The van der Waals surface area contributed by atoms with E-state index in [1.54, 1.807) is 0 Å². The Morgan fingerprint density at radius 3 is 2.23 bits per heavy atom. The van der Waals surface area contributed by atoms with Gasteiger partial charge in [-0.05, 0) is 37.2 Å². The predicted octanol–water partition coefficient (Wildman–Crippen LogP) is 2.64. The fraction of sp³-hybridized carbons (Fsp3) is 0.611. The smallest absolute Gasteiger partial charge is 0.228 e. The fourth-order valence-electron chi connectivity index (χ4n) is 3.34. The molecule has 8 heteroatoms. The SMILES string of the molecule is CCN1CCN(Cc2ccc(NC(=O)C3CCNC3)cc2)CC1.Cl.Cl.Cl. The minimum Gasteiger partial charge on any atom is -0.326 e. The molecule has 2 aliphatic rings. The Balaban J connectivity index is 0.00000208. The number of anilines is 1. The molecule has 1 aromatic carbocycles. The van der Waals surface area contributed by atoms with E-state index in [1.807, 2.05) is 12.1 Å². The van der Waals surface area contributed by atoms with Crippen molar-refractivity contribution in [3.63, 3.8) is 0 Å². The van der Waals surface area contributed by atoms with Crippen molar-refractivity contribution >= 4 is 48.8 Å². The van der Waals surface area contributed by atoms with Crippen molar-refractivity contribution in [2.24, 2.45) is 5.92 Å². The first kappa shape index (κ1) is 25.4. The largest absolute Gasteiger partial charge is 0.326 e. The molecule has 0 aromatic heterocycles. The van der Waals surface area contributed by atoms with Crippen LogP contribution in [0.4, 0.5) is 5.69 Å². The summed E-state index contributed by atoms with van der Waals surface area (Å²) in [5.41, 5.74) is 2.22. The molecule has 2 saturated heterocycles. The third-order valence-corrected chi connectivity index (χ3v) is 4.97. The van der Waals surface area contributed by atoms with Gasteiger partial charge in [-0.1, -0.05) is 19.1 Å². The average Bonchev–Trinajstić information content (AvgIpc) is 3.12. The lowest BCUT2D eigenvalue weighted by molar-refractivity contribution is -0.119. The zero-order valence-electron chi connectivity index (χ0n) is 15.3. The van der Waals surface area contributed by atoms with Gasteiger partial charge < -0.3 is 15.5 Å². The number of nitrogens with one attached hydrogen (secondary N) is 2. The van der Waals surface area contributed by atoms with Crippen LogP contribution in [0.15, 0.2) is 24.3 Å². The molecule has 1 aromatic rings. The van der Waals surface area contributed by atoms with E-state index in [2.05, 4.69) is 39.5 Å². The van der Waals surface area contributed by atoms with E-state index >= 15 is 0 Å². The molecule has 5 nitrogen and oxygen atoms in total.